The van der Waals surface area contributed by atoms with Crippen LogP contribution in [0.15, 0.2) is 66.7 Å². The van der Waals surface area contributed by atoms with Crippen molar-refractivity contribution in [2.45, 2.75) is 20.4 Å². The van der Waals surface area contributed by atoms with Gasteiger partial charge in [0.1, 0.15) is 11.5 Å². The summed E-state index contributed by atoms with van der Waals surface area (Å²) < 4.78 is 0. The van der Waals surface area contributed by atoms with Gasteiger partial charge in [-0.25, -0.2) is 9.97 Å². The number of carbonyl (C=O) groups is 1. The maximum Gasteiger partial charge on any atom is 0.272 e. The highest BCUT2D eigenvalue weighted by atomic mass is 16.2. The third-order valence-corrected chi connectivity index (χ3v) is 4.34. The zero-order chi connectivity index (χ0) is 19.1. The van der Waals surface area contributed by atoms with Crippen molar-refractivity contribution in [2.24, 2.45) is 0 Å². The van der Waals surface area contributed by atoms with E-state index in [9.17, 15) is 4.79 Å². The molecule has 3 aromatic rings. The van der Waals surface area contributed by atoms with Gasteiger partial charge in [0.15, 0.2) is 5.82 Å². The second-order valence-corrected chi connectivity index (χ2v) is 6.14. The Morgan fingerprint density at radius 1 is 0.926 bits per heavy atom. The summed E-state index contributed by atoms with van der Waals surface area (Å²) in [6, 6.07) is 21.5. The van der Waals surface area contributed by atoms with E-state index in [0.29, 0.717) is 37.0 Å². The van der Waals surface area contributed by atoms with Gasteiger partial charge in [0.25, 0.3) is 5.91 Å². The van der Waals surface area contributed by atoms with Crippen LogP contribution in [0, 0.1) is 0 Å². The molecule has 0 fully saturated rings. The molecule has 2 aromatic carbocycles. The quantitative estimate of drug-likeness (QED) is 0.685. The maximum atomic E-state index is 12.8. The minimum absolute atomic E-state index is 0.0812. The van der Waals surface area contributed by atoms with Gasteiger partial charge in [-0.2, -0.15) is 0 Å². The lowest BCUT2D eigenvalue weighted by Crippen LogP contribution is -2.31. The molecule has 0 aliphatic heterocycles. The Morgan fingerprint density at radius 3 is 2.19 bits per heavy atom. The molecule has 3 rings (SSSR count). The molecule has 138 valence electrons. The van der Waals surface area contributed by atoms with Gasteiger partial charge in [0, 0.05) is 31.3 Å². The molecule has 0 bridgehead atoms. The molecular weight excluding hydrogens is 336 g/mol. The molecule has 0 radical (unpaired) electrons. The van der Waals surface area contributed by atoms with Gasteiger partial charge >= 0.3 is 0 Å². The van der Waals surface area contributed by atoms with Crippen molar-refractivity contribution in [2.75, 3.05) is 18.4 Å². The Labute approximate surface area is 160 Å². The number of anilines is 1. The molecule has 5 nitrogen and oxygen atoms in total. The summed E-state index contributed by atoms with van der Waals surface area (Å²) in [5.74, 6) is 1.11. The van der Waals surface area contributed by atoms with Crippen LogP contribution in [-0.2, 0) is 6.54 Å². The molecule has 0 saturated heterocycles. The van der Waals surface area contributed by atoms with Gasteiger partial charge in [-0.05, 0) is 19.4 Å². The summed E-state index contributed by atoms with van der Waals surface area (Å²) >= 11 is 0. The van der Waals surface area contributed by atoms with Crippen LogP contribution in [0.5, 0.6) is 0 Å². The number of hydrogen-bond acceptors (Lipinski definition) is 4. The molecule has 0 spiro atoms. The van der Waals surface area contributed by atoms with Crippen LogP contribution < -0.4 is 5.32 Å². The highest BCUT2D eigenvalue weighted by Gasteiger charge is 2.17. The number of rotatable bonds is 7. The highest BCUT2D eigenvalue weighted by Crippen LogP contribution is 2.19. The van der Waals surface area contributed by atoms with Crippen molar-refractivity contribution >= 4 is 11.7 Å². The van der Waals surface area contributed by atoms with Crippen LogP contribution in [-0.4, -0.2) is 33.9 Å². The van der Waals surface area contributed by atoms with Crippen molar-refractivity contribution in [3.8, 4) is 11.4 Å². The van der Waals surface area contributed by atoms with Crippen molar-refractivity contribution in [1.29, 1.82) is 0 Å². The molecule has 1 amide bonds. The van der Waals surface area contributed by atoms with E-state index < -0.39 is 0 Å². The van der Waals surface area contributed by atoms with E-state index in [1.165, 1.54) is 0 Å². The number of nitrogens with zero attached hydrogens (tertiary/aromatic N) is 3. The molecule has 1 N–H and O–H groups in total. The van der Waals surface area contributed by atoms with Crippen LogP contribution in [0.25, 0.3) is 11.4 Å². The smallest absolute Gasteiger partial charge is 0.272 e. The fourth-order valence-electron chi connectivity index (χ4n) is 2.82. The largest absolute Gasteiger partial charge is 0.366 e. The van der Waals surface area contributed by atoms with Gasteiger partial charge in [0.05, 0.1) is 0 Å². The van der Waals surface area contributed by atoms with E-state index in [4.69, 9.17) is 0 Å². The Morgan fingerprint density at radius 2 is 1.56 bits per heavy atom. The number of aromatic nitrogens is 2. The van der Waals surface area contributed by atoms with Gasteiger partial charge in [0.2, 0.25) is 0 Å². The second-order valence-electron chi connectivity index (χ2n) is 6.14. The number of nitrogens with one attached hydrogen (secondary N) is 1. The fraction of sp³-hybridized carbons (Fsp3) is 0.227. The molecular formula is C22H24N4O. The Kier molecular flexibility index (Phi) is 6.15. The van der Waals surface area contributed by atoms with E-state index >= 15 is 0 Å². The average molecular weight is 360 g/mol. The van der Waals surface area contributed by atoms with Gasteiger partial charge in [-0.1, -0.05) is 60.7 Å². The van der Waals surface area contributed by atoms with E-state index in [1.54, 1.807) is 11.0 Å². The third kappa shape index (κ3) is 4.70. The molecule has 1 heterocycles. The first-order valence-corrected chi connectivity index (χ1v) is 9.22. The number of hydrogen-bond donors (Lipinski definition) is 1. The van der Waals surface area contributed by atoms with Gasteiger partial charge in [-0.3, -0.25) is 4.79 Å². The predicted molar refractivity (Wildman–Crippen MR) is 108 cm³/mol. The SMILES string of the molecule is CCN(CC)C(=O)c1cc(NCc2ccccc2)nc(-c2ccccc2)n1. The average Bonchev–Trinajstić information content (AvgIpc) is 2.74. The lowest BCUT2D eigenvalue weighted by atomic mass is 10.2. The molecule has 0 aliphatic carbocycles. The normalized spacial score (nSPS) is 10.4. The van der Waals surface area contributed by atoms with Gasteiger partial charge in [-0.15, -0.1) is 0 Å². The maximum absolute atomic E-state index is 12.8. The van der Waals surface area contributed by atoms with Crippen LogP contribution in [0.4, 0.5) is 5.82 Å². The zero-order valence-corrected chi connectivity index (χ0v) is 15.7. The lowest BCUT2D eigenvalue weighted by molar-refractivity contribution is 0.0767. The van der Waals surface area contributed by atoms with Crippen molar-refractivity contribution < 1.29 is 4.79 Å². The Balaban J connectivity index is 1.94. The van der Waals surface area contributed by atoms with E-state index in [0.717, 1.165) is 11.1 Å². The molecule has 0 unspecified atom stereocenters. The number of carbonyl (C=O) groups excluding carboxylic acids is 1. The summed E-state index contributed by atoms with van der Waals surface area (Å²) in [7, 11) is 0. The topological polar surface area (TPSA) is 58.1 Å². The summed E-state index contributed by atoms with van der Waals surface area (Å²) in [5.41, 5.74) is 2.44. The zero-order valence-electron chi connectivity index (χ0n) is 15.7. The molecule has 1 aromatic heterocycles. The first-order chi connectivity index (χ1) is 13.2. The first kappa shape index (κ1) is 18.6. The summed E-state index contributed by atoms with van der Waals surface area (Å²) in [5, 5.41) is 3.32. The number of amides is 1. The third-order valence-electron chi connectivity index (χ3n) is 4.34. The van der Waals surface area contributed by atoms with Crippen LogP contribution >= 0.6 is 0 Å². The molecule has 0 atom stereocenters. The minimum Gasteiger partial charge on any atom is -0.366 e. The first-order valence-electron chi connectivity index (χ1n) is 9.22. The van der Waals surface area contributed by atoms with E-state index in [1.807, 2.05) is 74.5 Å². The van der Waals surface area contributed by atoms with E-state index in [-0.39, 0.29) is 5.91 Å². The second kappa shape index (κ2) is 8.94. The highest BCUT2D eigenvalue weighted by molar-refractivity contribution is 5.93. The fourth-order valence-corrected chi connectivity index (χ4v) is 2.82. The van der Waals surface area contributed by atoms with Crippen LogP contribution in [0.3, 0.4) is 0 Å². The number of benzene rings is 2. The standard InChI is InChI=1S/C22H24N4O/c1-3-26(4-2)22(27)19-15-20(23-16-17-11-7-5-8-12-17)25-21(24-19)18-13-9-6-10-14-18/h5-15H,3-4,16H2,1-2H3,(H,23,24,25). The molecule has 0 aliphatic rings. The minimum atomic E-state index is -0.0812. The molecule has 27 heavy (non-hydrogen) atoms. The monoisotopic (exact) mass is 360 g/mol. The van der Waals surface area contributed by atoms with Crippen molar-refractivity contribution in [3.63, 3.8) is 0 Å². The van der Waals surface area contributed by atoms with Gasteiger partial charge < -0.3 is 10.2 Å². The van der Waals surface area contributed by atoms with Crippen molar-refractivity contribution in [1.82, 2.24) is 14.9 Å². The summed E-state index contributed by atoms with van der Waals surface area (Å²) in [6.45, 7) is 5.86. The van der Waals surface area contributed by atoms with Crippen molar-refractivity contribution in [3.05, 3.63) is 78.0 Å². The predicted octanol–water partition coefficient (Wildman–Crippen LogP) is 4.24. The molecule has 5 heteroatoms. The summed E-state index contributed by atoms with van der Waals surface area (Å²) in [4.78, 5) is 23.7. The summed E-state index contributed by atoms with van der Waals surface area (Å²) in [6.07, 6.45) is 0. The Hall–Kier alpha value is -3.21. The molecule has 0 saturated carbocycles. The van der Waals surface area contributed by atoms with Crippen LogP contribution in [0.1, 0.15) is 29.9 Å². The Bertz CT molecular complexity index is 877. The van der Waals surface area contributed by atoms with Crippen LogP contribution in [0.2, 0.25) is 0 Å². The lowest BCUT2D eigenvalue weighted by Gasteiger charge is -2.19. The van der Waals surface area contributed by atoms with E-state index in [2.05, 4.69) is 15.3 Å².